The summed E-state index contributed by atoms with van der Waals surface area (Å²) < 4.78 is 76.0. The number of imidazole rings is 1. The lowest BCUT2D eigenvalue weighted by Gasteiger charge is -2.38. The number of pyridine rings is 2. The standard InChI is InChI=1S/C25H24N6O.C25H27N5O3.C23H22ClF3N2O2.C22H22F2N2O2/c1-18-24(23(32)16-29-11-4-3-5-12-29)25-22(14-21(15-28-25)30-13-10-27-17-30)31(18)20-8-6-19(26-2)7-9-20;1-16-24(22(32)15-29-10-4-3-5-11-29)25-20(12-17(14-28-25)21(31)13-23(26)33)30(16)19-8-6-18(27-2)7-9-19;1-15-21(20(30)14-28-12-10-22(31,11-13-28)23(25,26)27)18-4-2-3-5-19(18)29(15)17-8-6-16(24)7-9-17;1-14-22(21(28)13-25-10-8-16(27)9-11-25)17-4-2-3-5-20(17)26(14)15-6-7-18(23)19(24)12-15/h6-10,13-15,17H,3-5,11-12,16H2,1H3;6-9,12,14,21,31H,3-5,10-11,13,15H2,1H3,(H2,26,33);2-9,31H,10-14H2,1H3;2-7,12,16,27H,8-11,13H2,1H3. The second kappa shape index (κ2) is 38.3. The van der Waals surface area contributed by atoms with Crippen LogP contribution in [0.4, 0.5) is 33.3 Å². The molecule has 13 aromatic rings. The quantitative estimate of drug-likeness (QED) is 0.0314. The largest absolute Gasteiger partial charge is 0.417 e. The fourth-order valence-corrected chi connectivity index (χ4v) is 17.5. The number of aromatic nitrogens is 8. The minimum absolute atomic E-state index is 0.00338. The summed E-state index contributed by atoms with van der Waals surface area (Å²) >= 11 is 6.01. The highest BCUT2D eigenvalue weighted by molar-refractivity contribution is 6.30. The summed E-state index contributed by atoms with van der Waals surface area (Å²) in [7, 11) is 0. The number of carbonyl (C=O) groups is 5. The average molecular weight is 1710 g/mol. The topological polar surface area (TPSA) is 257 Å². The maximum Gasteiger partial charge on any atom is 0.417 e. The van der Waals surface area contributed by atoms with Gasteiger partial charge in [0.15, 0.2) is 51.7 Å². The van der Waals surface area contributed by atoms with Gasteiger partial charge in [0, 0.05) is 129 Å². The molecule has 4 aliphatic heterocycles. The highest BCUT2D eigenvalue weighted by Gasteiger charge is 2.54. The monoisotopic (exact) mass is 1700 g/mol. The maximum absolute atomic E-state index is 13.8. The van der Waals surface area contributed by atoms with Crippen molar-refractivity contribution in [2.45, 2.75) is 122 Å². The van der Waals surface area contributed by atoms with Crippen molar-refractivity contribution < 1.29 is 61.2 Å². The number of piperidine rings is 4. The number of benzene rings is 6. The molecule has 11 heterocycles. The number of fused-ring (bicyclic) bond motifs is 4. The van der Waals surface area contributed by atoms with Crippen LogP contribution in [0.2, 0.25) is 5.02 Å². The number of ketones is 4. The van der Waals surface area contributed by atoms with E-state index in [0.29, 0.717) is 111 Å². The fraction of sp³-hybridized carbons (Fsp3) is 0.326. The van der Waals surface area contributed by atoms with Crippen molar-refractivity contribution in [3.8, 4) is 28.4 Å². The summed E-state index contributed by atoms with van der Waals surface area (Å²) in [4.78, 5) is 93.1. The molecule has 640 valence electrons. The van der Waals surface area contributed by atoms with Crippen LogP contribution < -0.4 is 5.73 Å². The Kier molecular flexibility index (Phi) is 27.2. The molecule has 23 nitrogen and oxygen atoms in total. The minimum Gasteiger partial charge on any atom is -0.393 e. The van der Waals surface area contributed by atoms with Crippen LogP contribution in [0.3, 0.4) is 0 Å². The SMILES string of the molecule is Cc1c(C(=O)CN2CCC(O)(C(F)(F)F)CC2)c2ccccc2n1-c1ccc(Cl)cc1.Cc1c(C(=O)CN2CCC(O)CC2)c2ccccc2n1-c1ccc(F)c(F)c1.[C-]#[N+]c1ccc(-n2c(C)c(C(=O)CN3CCCCC3)c3ncc(-n4ccnc4)cc32)cc1.[C-]#[N+]c1ccc(-n2c(C)c(C(=O)CN3CCCCC3)c3ncc(C(O)CC(N)=O)cc32)cc1. The molecule has 4 fully saturated rings. The van der Waals surface area contributed by atoms with Gasteiger partial charge in [0.05, 0.1) is 120 Å². The third-order valence-electron chi connectivity index (χ3n) is 23.9. The fourth-order valence-electron chi connectivity index (χ4n) is 17.4. The molecule has 4 aliphatic rings. The van der Waals surface area contributed by atoms with Gasteiger partial charge in [-0.25, -0.2) is 23.5 Å². The van der Waals surface area contributed by atoms with Gasteiger partial charge in [0.2, 0.25) is 5.91 Å². The number of carbonyl (C=O) groups excluding carboxylic acids is 5. The first-order valence-corrected chi connectivity index (χ1v) is 41.8. The van der Waals surface area contributed by atoms with Gasteiger partial charge in [0.1, 0.15) is 0 Å². The maximum atomic E-state index is 13.8. The predicted molar refractivity (Wildman–Crippen MR) is 467 cm³/mol. The molecule has 124 heavy (non-hydrogen) atoms. The summed E-state index contributed by atoms with van der Waals surface area (Å²) in [5.41, 5.74) is 18.0. The molecule has 0 bridgehead atoms. The second-order valence-electron chi connectivity index (χ2n) is 32.1. The molecule has 0 radical (unpaired) electrons. The van der Waals surface area contributed by atoms with Crippen molar-refractivity contribution in [3.63, 3.8) is 0 Å². The summed E-state index contributed by atoms with van der Waals surface area (Å²) in [6.45, 7) is 28.2. The smallest absolute Gasteiger partial charge is 0.393 e. The Morgan fingerprint density at radius 2 is 0.927 bits per heavy atom. The van der Waals surface area contributed by atoms with Gasteiger partial charge in [-0.2, -0.15) is 13.2 Å². The van der Waals surface area contributed by atoms with Crippen molar-refractivity contribution in [1.29, 1.82) is 0 Å². The number of hydrogen-bond donors (Lipinski definition) is 4. The van der Waals surface area contributed by atoms with E-state index in [4.69, 9.17) is 35.5 Å². The van der Waals surface area contributed by atoms with E-state index < -0.39 is 48.3 Å². The number of para-hydroxylation sites is 2. The lowest BCUT2D eigenvalue weighted by Crippen LogP contribution is -2.53. The Hall–Kier alpha value is -12.2. The molecule has 0 aliphatic carbocycles. The first-order valence-electron chi connectivity index (χ1n) is 41.4. The van der Waals surface area contributed by atoms with E-state index in [1.165, 1.54) is 25.1 Å². The lowest BCUT2D eigenvalue weighted by atomic mass is 9.90. The predicted octanol–water partition coefficient (Wildman–Crippen LogP) is 17.2. The lowest BCUT2D eigenvalue weighted by molar-refractivity contribution is -0.272. The first-order chi connectivity index (χ1) is 59.6. The van der Waals surface area contributed by atoms with Gasteiger partial charge in [0.25, 0.3) is 0 Å². The number of amides is 1. The summed E-state index contributed by atoms with van der Waals surface area (Å²) in [5, 5.41) is 32.2. The minimum atomic E-state index is -4.66. The van der Waals surface area contributed by atoms with Crippen molar-refractivity contribution in [2.75, 3.05) is 78.5 Å². The molecule has 1 amide bonds. The van der Waals surface area contributed by atoms with Crippen molar-refractivity contribution in [2.24, 2.45) is 5.73 Å². The third kappa shape index (κ3) is 19.1. The molecule has 7 aromatic heterocycles. The van der Waals surface area contributed by atoms with Gasteiger partial charge in [-0.05, 0) is 190 Å². The van der Waals surface area contributed by atoms with Gasteiger partial charge in [-0.15, -0.1) is 0 Å². The van der Waals surface area contributed by atoms with Crippen LogP contribution in [0.5, 0.6) is 0 Å². The Bertz CT molecular complexity index is 6200. The molecule has 5 N–H and O–H groups in total. The molecule has 4 saturated heterocycles. The zero-order valence-electron chi connectivity index (χ0n) is 69.2. The number of alkyl halides is 3. The molecule has 29 heteroatoms. The number of hydrogen-bond acceptors (Lipinski definition) is 15. The van der Waals surface area contributed by atoms with E-state index in [0.717, 1.165) is 131 Å². The van der Waals surface area contributed by atoms with E-state index in [2.05, 4.69) is 38.9 Å². The summed E-state index contributed by atoms with van der Waals surface area (Å²) in [5.74, 6) is -2.48. The number of Topliss-reactive ketones (excluding diaryl/α,β-unsaturated/α-hetero) is 4. The molecule has 0 saturated carbocycles. The highest BCUT2D eigenvalue weighted by atomic mass is 35.5. The van der Waals surface area contributed by atoms with E-state index in [-0.39, 0.29) is 61.8 Å². The van der Waals surface area contributed by atoms with Crippen LogP contribution in [0, 0.1) is 52.5 Å². The molecule has 17 rings (SSSR count). The van der Waals surface area contributed by atoms with E-state index >= 15 is 0 Å². The van der Waals surface area contributed by atoms with Crippen molar-refractivity contribution >= 4 is 95.9 Å². The van der Waals surface area contributed by atoms with Gasteiger partial charge >= 0.3 is 6.18 Å². The van der Waals surface area contributed by atoms with E-state index in [9.17, 15) is 61.2 Å². The van der Waals surface area contributed by atoms with Crippen molar-refractivity contribution in [1.82, 2.24) is 57.4 Å². The Labute approximate surface area is 718 Å². The number of nitrogens with zero attached hydrogens (tertiary/aromatic N) is 14. The van der Waals surface area contributed by atoms with Crippen LogP contribution in [-0.2, 0) is 4.79 Å². The van der Waals surface area contributed by atoms with Gasteiger partial charge in [-0.3, -0.25) is 53.5 Å². The molecule has 1 unspecified atom stereocenters. The summed E-state index contributed by atoms with van der Waals surface area (Å²) in [6.07, 6.45) is 9.76. The highest BCUT2D eigenvalue weighted by Crippen LogP contribution is 2.41. The number of halogens is 6. The van der Waals surface area contributed by atoms with Crippen LogP contribution in [-0.4, -0.2) is 198 Å². The number of aliphatic hydroxyl groups is 3. The van der Waals surface area contributed by atoms with Gasteiger partial charge in [-0.1, -0.05) is 85.1 Å². The molecular formula is C95H95ClF5N15O8. The number of rotatable bonds is 20. The Balaban J connectivity index is 0.000000135. The molecule has 1 atom stereocenters. The molecule has 0 spiro atoms. The number of likely N-dealkylation sites (tertiary alicyclic amines) is 4. The zero-order chi connectivity index (χ0) is 87.8. The average Bonchev–Trinajstić information content (AvgIpc) is 1.58. The van der Waals surface area contributed by atoms with Crippen LogP contribution in [0.1, 0.15) is 147 Å². The third-order valence-corrected chi connectivity index (χ3v) is 24.1. The van der Waals surface area contributed by atoms with Crippen LogP contribution in [0.15, 0.2) is 183 Å². The first kappa shape index (κ1) is 88.1. The number of nitrogens with two attached hydrogens (primary N) is 1. The van der Waals surface area contributed by atoms with E-state index in [1.807, 2.05) is 139 Å². The second-order valence-corrected chi connectivity index (χ2v) is 32.5. The van der Waals surface area contributed by atoms with Crippen LogP contribution in [0.25, 0.3) is 82.0 Å². The number of aliphatic hydroxyl groups excluding tert-OH is 2. The molecular weight excluding hydrogens is 1610 g/mol. The Morgan fingerprint density at radius 1 is 0.516 bits per heavy atom. The van der Waals surface area contributed by atoms with Crippen LogP contribution >= 0.6 is 11.6 Å². The van der Waals surface area contributed by atoms with Gasteiger partial charge < -0.3 is 43.9 Å². The van der Waals surface area contributed by atoms with E-state index in [1.54, 1.807) is 70.7 Å². The zero-order valence-corrected chi connectivity index (χ0v) is 70.0. The normalized spacial score (nSPS) is 15.7. The summed E-state index contributed by atoms with van der Waals surface area (Å²) in [6, 6.07) is 44.4. The molecule has 6 aromatic carbocycles. The Morgan fingerprint density at radius 3 is 1.38 bits per heavy atom. The number of primary amides is 1. The van der Waals surface area contributed by atoms with Crippen molar-refractivity contribution in [3.05, 3.63) is 273 Å².